The Hall–Kier alpha value is -2.10. The minimum absolute atomic E-state index is 0.145. The van der Waals surface area contributed by atoms with Gasteiger partial charge in [-0.3, -0.25) is 9.69 Å². The maximum Gasteiger partial charge on any atom is 0.277 e. The van der Waals surface area contributed by atoms with Gasteiger partial charge >= 0.3 is 0 Å². The minimum Gasteiger partial charge on any atom is -0.507 e. The number of amides is 1. The molecular formula is C13H14N2O2. The van der Waals surface area contributed by atoms with Crippen LogP contribution in [0.3, 0.4) is 0 Å². The molecule has 0 fully saturated rings. The minimum atomic E-state index is -0.145. The summed E-state index contributed by atoms with van der Waals surface area (Å²) in [4.78, 5) is 17.4. The smallest absolute Gasteiger partial charge is 0.277 e. The van der Waals surface area contributed by atoms with Gasteiger partial charge in [-0.15, -0.1) is 0 Å². The van der Waals surface area contributed by atoms with E-state index in [9.17, 15) is 9.90 Å². The first-order valence-electron chi connectivity index (χ1n) is 5.41. The Labute approximate surface area is 100.0 Å². The first-order chi connectivity index (χ1) is 8.09. The molecule has 1 N–H and O–H groups in total. The number of aliphatic imine (C=N–C) groups is 1. The molecule has 4 nitrogen and oxygen atoms in total. The SMILES string of the molecule is CC1=N/C(=C\C2=CCC=CC=C2O)C(=O)N1C. The number of nitrogens with zero attached hydrogens (tertiary/aromatic N) is 2. The fourth-order valence-corrected chi connectivity index (χ4v) is 1.62. The summed E-state index contributed by atoms with van der Waals surface area (Å²) in [5.74, 6) is 0.673. The van der Waals surface area contributed by atoms with E-state index >= 15 is 0 Å². The number of amidine groups is 1. The third-order valence-electron chi connectivity index (χ3n) is 2.74. The fourth-order valence-electron chi connectivity index (χ4n) is 1.62. The molecule has 0 spiro atoms. The molecule has 1 aliphatic carbocycles. The number of hydrogen-bond donors (Lipinski definition) is 1. The summed E-state index contributed by atoms with van der Waals surface area (Å²) in [5.41, 5.74) is 0.989. The van der Waals surface area contributed by atoms with E-state index in [4.69, 9.17) is 0 Å². The Morgan fingerprint density at radius 1 is 1.53 bits per heavy atom. The average molecular weight is 230 g/mol. The highest BCUT2D eigenvalue weighted by Crippen LogP contribution is 2.20. The van der Waals surface area contributed by atoms with Crippen LogP contribution in [0.2, 0.25) is 0 Å². The van der Waals surface area contributed by atoms with Gasteiger partial charge in [-0.1, -0.05) is 18.2 Å². The fraction of sp³-hybridized carbons (Fsp3) is 0.231. The number of aliphatic hydroxyl groups excluding tert-OH is 1. The van der Waals surface area contributed by atoms with E-state index < -0.39 is 0 Å². The van der Waals surface area contributed by atoms with E-state index in [-0.39, 0.29) is 11.7 Å². The lowest BCUT2D eigenvalue weighted by atomic mass is 10.1. The maximum atomic E-state index is 11.8. The van der Waals surface area contributed by atoms with Gasteiger partial charge in [-0.05, 0) is 25.5 Å². The van der Waals surface area contributed by atoms with Crippen molar-refractivity contribution < 1.29 is 9.90 Å². The van der Waals surface area contributed by atoms with Crippen LogP contribution in [0.1, 0.15) is 13.3 Å². The molecule has 0 aromatic heterocycles. The zero-order valence-electron chi connectivity index (χ0n) is 9.84. The van der Waals surface area contributed by atoms with Gasteiger partial charge in [0.05, 0.1) is 0 Å². The monoisotopic (exact) mass is 230 g/mol. The number of aliphatic hydroxyl groups is 1. The zero-order chi connectivity index (χ0) is 12.4. The van der Waals surface area contributed by atoms with Crippen molar-refractivity contribution >= 4 is 11.7 Å². The van der Waals surface area contributed by atoms with Crippen molar-refractivity contribution in [2.45, 2.75) is 13.3 Å². The molecule has 0 atom stereocenters. The predicted octanol–water partition coefficient (Wildman–Crippen LogP) is 2.09. The van der Waals surface area contributed by atoms with Crippen molar-refractivity contribution in [1.29, 1.82) is 0 Å². The molecule has 0 saturated heterocycles. The Morgan fingerprint density at radius 2 is 2.29 bits per heavy atom. The van der Waals surface area contributed by atoms with Crippen LogP contribution in [0.5, 0.6) is 0 Å². The van der Waals surface area contributed by atoms with Crippen molar-refractivity contribution in [1.82, 2.24) is 4.90 Å². The van der Waals surface area contributed by atoms with Crippen LogP contribution < -0.4 is 0 Å². The number of hydrogen-bond acceptors (Lipinski definition) is 3. The van der Waals surface area contributed by atoms with Crippen LogP contribution in [0, 0.1) is 0 Å². The lowest BCUT2D eigenvalue weighted by Crippen LogP contribution is -2.25. The van der Waals surface area contributed by atoms with Crippen molar-refractivity contribution in [2.75, 3.05) is 7.05 Å². The predicted molar refractivity (Wildman–Crippen MR) is 66.5 cm³/mol. The summed E-state index contributed by atoms with van der Waals surface area (Å²) in [6.45, 7) is 1.78. The summed E-state index contributed by atoms with van der Waals surface area (Å²) >= 11 is 0. The highest BCUT2D eigenvalue weighted by atomic mass is 16.3. The largest absolute Gasteiger partial charge is 0.507 e. The third-order valence-corrected chi connectivity index (χ3v) is 2.74. The Balaban J connectivity index is 2.33. The van der Waals surface area contributed by atoms with Crippen molar-refractivity contribution in [2.24, 2.45) is 4.99 Å². The summed E-state index contributed by atoms with van der Waals surface area (Å²) in [5, 5.41) is 9.75. The van der Waals surface area contributed by atoms with Crippen LogP contribution in [0.15, 0.2) is 52.4 Å². The van der Waals surface area contributed by atoms with Crippen LogP contribution in [0.25, 0.3) is 0 Å². The molecular weight excluding hydrogens is 216 g/mol. The topological polar surface area (TPSA) is 52.9 Å². The first kappa shape index (κ1) is 11.4. The van der Waals surface area contributed by atoms with Gasteiger partial charge in [0.15, 0.2) is 0 Å². The van der Waals surface area contributed by atoms with Gasteiger partial charge < -0.3 is 5.11 Å². The van der Waals surface area contributed by atoms with E-state index in [1.807, 2.05) is 12.2 Å². The number of likely N-dealkylation sites (N-methyl/N-ethyl adjacent to an activating group) is 1. The number of carbonyl (C=O) groups excluding carboxylic acids is 1. The van der Waals surface area contributed by atoms with E-state index in [0.29, 0.717) is 17.1 Å². The number of carbonyl (C=O) groups is 1. The summed E-state index contributed by atoms with van der Waals surface area (Å²) < 4.78 is 0. The number of rotatable bonds is 1. The molecule has 0 bridgehead atoms. The molecule has 0 aromatic carbocycles. The van der Waals surface area contributed by atoms with E-state index in [2.05, 4.69) is 4.99 Å². The molecule has 17 heavy (non-hydrogen) atoms. The molecule has 2 rings (SSSR count). The molecule has 4 heteroatoms. The van der Waals surface area contributed by atoms with Gasteiger partial charge in [-0.25, -0.2) is 4.99 Å². The first-order valence-corrected chi connectivity index (χ1v) is 5.41. The highest BCUT2D eigenvalue weighted by Gasteiger charge is 2.24. The maximum absolute atomic E-state index is 11.8. The van der Waals surface area contributed by atoms with Gasteiger partial charge in [0.1, 0.15) is 17.3 Å². The molecule has 0 unspecified atom stereocenters. The lowest BCUT2D eigenvalue weighted by molar-refractivity contribution is -0.121. The van der Waals surface area contributed by atoms with Crippen LogP contribution in [-0.4, -0.2) is 28.8 Å². The van der Waals surface area contributed by atoms with Gasteiger partial charge in [-0.2, -0.15) is 0 Å². The quantitative estimate of drug-likeness (QED) is 0.701. The Bertz CT molecular complexity index is 508. The van der Waals surface area contributed by atoms with Crippen LogP contribution in [-0.2, 0) is 4.79 Å². The standard InChI is InChI=1S/C13H14N2O2/c1-9-14-11(13(17)15(9)2)8-10-6-4-3-5-7-12(10)16/h3,5-8,16H,4H2,1-2H3/b11-8-. The Kier molecular flexibility index (Phi) is 2.95. The second-order valence-electron chi connectivity index (χ2n) is 3.93. The molecule has 1 aliphatic heterocycles. The molecule has 2 aliphatic rings. The van der Waals surface area contributed by atoms with Crippen molar-refractivity contribution in [3.63, 3.8) is 0 Å². The average Bonchev–Trinajstić information content (AvgIpc) is 2.47. The van der Waals surface area contributed by atoms with Gasteiger partial charge in [0.2, 0.25) is 0 Å². The Morgan fingerprint density at radius 3 is 2.94 bits per heavy atom. The van der Waals surface area contributed by atoms with E-state index in [1.165, 1.54) is 4.90 Å². The third kappa shape index (κ3) is 2.20. The molecule has 0 saturated carbocycles. The summed E-state index contributed by atoms with van der Waals surface area (Å²) in [6.07, 6.45) is 9.53. The second kappa shape index (κ2) is 4.41. The molecule has 88 valence electrons. The zero-order valence-corrected chi connectivity index (χ0v) is 9.84. The highest BCUT2D eigenvalue weighted by molar-refractivity contribution is 6.11. The van der Waals surface area contributed by atoms with Crippen LogP contribution >= 0.6 is 0 Å². The van der Waals surface area contributed by atoms with E-state index in [0.717, 1.165) is 6.42 Å². The van der Waals surface area contributed by atoms with E-state index in [1.54, 1.807) is 32.2 Å². The normalized spacial score (nSPS) is 22.5. The summed E-state index contributed by atoms with van der Waals surface area (Å²) in [7, 11) is 1.68. The van der Waals surface area contributed by atoms with Gasteiger partial charge in [0, 0.05) is 12.6 Å². The summed E-state index contributed by atoms with van der Waals surface area (Å²) in [6, 6.07) is 0. The second-order valence-corrected chi connectivity index (χ2v) is 3.93. The van der Waals surface area contributed by atoms with Crippen molar-refractivity contribution in [3.8, 4) is 0 Å². The van der Waals surface area contributed by atoms with Crippen molar-refractivity contribution in [3.05, 3.63) is 47.4 Å². The van der Waals surface area contributed by atoms with Gasteiger partial charge in [0.25, 0.3) is 5.91 Å². The molecule has 0 aromatic rings. The van der Waals surface area contributed by atoms with Crippen LogP contribution in [0.4, 0.5) is 0 Å². The molecule has 1 amide bonds. The molecule has 0 radical (unpaired) electrons. The molecule has 1 heterocycles. The lowest BCUT2D eigenvalue weighted by Gasteiger charge is -2.06. The number of allylic oxidation sites excluding steroid dienone is 5.